The number of amides is 1. The van der Waals surface area contributed by atoms with Gasteiger partial charge in [0.2, 0.25) is 5.91 Å². The Labute approximate surface area is 161 Å². The van der Waals surface area contributed by atoms with Gasteiger partial charge in [-0.15, -0.1) is 11.3 Å². The third-order valence-electron chi connectivity index (χ3n) is 4.25. The molecule has 3 aromatic heterocycles. The van der Waals surface area contributed by atoms with Gasteiger partial charge >= 0.3 is 0 Å². The van der Waals surface area contributed by atoms with Crippen molar-refractivity contribution in [2.24, 2.45) is 0 Å². The van der Waals surface area contributed by atoms with Gasteiger partial charge in [0.15, 0.2) is 0 Å². The smallest absolute Gasteiger partial charge is 0.240 e. The van der Waals surface area contributed by atoms with Crippen LogP contribution in [0.15, 0.2) is 70.8 Å². The molecule has 1 aromatic carbocycles. The van der Waals surface area contributed by atoms with Gasteiger partial charge in [0, 0.05) is 17.1 Å². The van der Waals surface area contributed by atoms with E-state index >= 15 is 0 Å². The number of carbonyl (C=O) groups excluding carboxylic acids is 1. The monoisotopic (exact) mass is 377 g/mol. The Kier molecular flexibility index (Phi) is 4.89. The van der Waals surface area contributed by atoms with Crippen LogP contribution in [0.5, 0.6) is 0 Å². The van der Waals surface area contributed by atoms with Crippen LogP contribution < -0.4 is 5.32 Å². The van der Waals surface area contributed by atoms with Gasteiger partial charge in [0.05, 0.1) is 24.2 Å². The molecule has 0 aliphatic rings. The van der Waals surface area contributed by atoms with Gasteiger partial charge in [-0.1, -0.05) is 29.8 Å². The molecule has 0 aliphatic carbocycles. The van der Waals surface area contributed by atoms with E-state index in [4.69, 9.17) is 9.40 Å². The average molecular weight is 377 g/mol. The standard InChI is InChI=1S/C21H19N3O2S/c1-15-6-8-16(9-7-15)18-14-27-21(23-18)19-5-2-10-24(19)13-20(25)22-12-17-4-3-11-26-17/h2-11,14H,12-13H2,1H3,(H,22,25). The van der Waals surface area contributed by atoms with Gasteiger partial charge in [0.1, 0.15) is 17.3 Å². The highest BCUT2D eigenvalue weighted by Crippen LogP contribution is 2.29. The summed E-state index contributed by atoms with van der Waals surface area (Å²) in [6, 6.07) is 15.9. The van der Waals surface area contributed by atoms with Gasteiger partial charge in [-0.3, -0.25) is 4.79 Å². The Morgan fingerprint density at radius 3 is 2.81 bits per heavy atom. The summed E-state index contributed by atoms with van der Waals surface area (Å²) in [5, 5.41) is 5.82. The van der Waals surface area contributed by atoms with Gasteiger partial charge < -0.3 is 14.3 Å². The lowest BCUT2D eigenvalue weighted by Crippen LogP contribution is -2.26. The molecule has 0 radical (unpaired) electrons. The Morgan fingerprint density at radius 2 is 2.04 bits per heavy atom. The first-order valence-electron chi connectivity index (χ1n) is 8.66. The van der Waals surface area contributed by atoms with Crippen LogP contribution >= 0.6 is 11.3 Å². The lowest BCUT2D eigenvalue weighted by molar-refractivity contribution is -0.121. The van der Waals surface area contributed by atoms with E-state index in [-0.39, 0.29) is 12.5 Å². The van der Waals surface area contributed by atoms with E-state index in [1.807, 2.05) is 34.3 Å². The summed E-state index contributed by atoms with van der Waals surface area (Å²) in [4.78, 5) is 17.0. The molecule has 0 fully saturated rings. The number of benzene rings is 1. The Morgan fingerprint density at radius 1 is 1.19 bits per heavy atom. The molecule has 4 rings (SSSR count). The first-order chi connectivity index (χ1) is 13.2. The van der Waals surface area contributed by atoms with Crippen molar-refractivity contribution in [3.8, 4) is 22.0 Å². The van der Waals surface area contributed by atoms with Crippen LogP contribution in [-0.2, 0) is 17.9 Å². The fourth-order valence-electron chi connectivity index (χ4n) is 2.80. The number of hydrogen-bond acceptors (Lipinski definition) is 4. The summed E-state index contributed by atoms with van der Waals surface area (Å²) in [5.41, 5.74) is 4.21. The molecule has 5 nitrogen and oxygen atoms in total. The summed E-state index contributed by atoms with van der Waals surface area (Å²) in [6.45, 7) is 2.69. The fourth-order valence-corrected chi connectivity index (χ4v) is 3.67. The Hall–Kier alpha value is -3.12. The van der Waals surface area contributed by atoms with E-state index in [2.05, 4.69) is 36.5 Å². The number of carbonyl (C=O) groups is 1. The summed E-state index contributed by atoms with van der Waals surface area (Å²) < 4.78 is 7.15. The lowest BCUT2D eigenvalue weighted by Gasteiger charge is -2.08. The maximum atomic E-state index is 12.3. The highest BCUT2D eigenvalue weighted by Gasteiger charge is 2.12. The Balaban J connectivity index is 1.47. The molecule has 0 saturated heterocycles. The molecular weight excluding hydrogens is 358 g/mol. The minimum atomic E-state index is -0.0702. The van der Waals surface area contributed by atoms with Crippen LogP contribution in [0.3, 0.4) is 0 Å². The molecule has 0 spiro atoms. The van der Waals surface area contributed by atoms with Crippen LogP contribution in [0.4, 0.5) is 0 Å². The third-order valence-corrected chi connectivity index (χ3v) is 5.12. The molecule has 0 saturated carbocycles. The molecule has 1 amide bonds. The van der Waals surface area contributed by atoms with E-state index in [0.29, 0.717) is 6.54 Å². The minimum absolute atomic E-state index is 0.0702. The lowest BCUT2D eigenvalue weighted by atomic mass is 10.1. The van der Waals surface area contributed by atoms with E-state index in [1.54, 1.807) is 23.7 Å². The zero-order valence-corrected chi connectivity index (χ0v) is 15.7. The molecule has 0 atom stereocenters. The highest BCUT2D eigenvalue weighted by molar-refractivity contribution is 7.13. The molecule has 6 heteroatoms. The molecular formula is C21H19N3O2S. The van der Waals surface area contributed by atoms with Crippen molar-refractivity contribution in [3.63, 3.8) is 0 Å². The number of nitrogens with zero attached hydrogens (tertiary/aromatic N) is 2. The highest BCUT2D eigenvalue weighted by atomic mass is 32.1. The number of hydrogen-bond donors (Lipinski definition) is 1. The van der Waals surface area contributed by atoms with Gasteiger partial charge in [-0.25, -0.2) is 4.98 Å². The molecule has 3 heterocycles. The van der Waals surface area contributed by atoms with Crippen LogP contribution in [0.2, 0.25) is 0 Å². The second kappa shape index (κ2) is 7.63. The molecule has 0 unspecified atom stereocenters. The second-order valence-corrected chi connectivity index (χ2v) is 7.14. The van der Waals surface area contributed by atoms with E-state index in [0.717, 1.165) is 27.7 Å². The molecule has 27 heavy (non-hydrogen) atoms. The summed E-state index contributed by atoms with van der Waals surface area (Å²) >= 11 is 1.58. The summed E-state index contributed by atoms with van der Waals surface area (Å²) in [6.07, 6.45) is 3.49. The zero-order chi connectivity index (χ0) is 18.6. The van der Waals surface area contributed by atoms with Crippen LogP contribution in [0, 0.1) is 6.92 Å². The number of thiazole rings is 1. The number of nitrogens with one attached hydrogen (secondary N) is 1. The maximum Gasteiger partial charge on any atom is 0.240 e. The molecule has 136 valence electrons. The van der Waals surface area contributed by atoms with Crippen molar-refractivity contribution in [1.29, 1.82) is 0 Å². The van der Waals surface area contributed by atoms with Gasteiger partial charge in [-0.05, 0) is 31.2 Å². The predicted octanol–water partition coefficient (Wildman–Crippen LogP) is 4.50. The topological polar surface area (TPSA) is 60.1 Å². The molecule has 0 bridgehead atoms. The normalized spacial score (nSPS) is 10.9. The van der Waals surface area contributed by atoms with Crippen LogP contribution in [-0.4, -0.2) is 15.5 Å². The predicted molar refractivity (Wildman–Crippen MR) is 106 cm³/mol. The van der Waals surface area contributed by atoms with Gasteiger partial charge in [-0.2, -0.15) is 0 Å². The third kappa shape index (κ3) is 4.01. The zero-order valence-electron chi connectivity index (χ0n) is 14.9. The van der Waals surface area contributed by atoms with Crippen molar-refractivity contribution in [3.05, 3.63) is 77.7 Å². The fraction of sp³-hybridized carbons (Fsp3) is 0.143. The first kappa shape index (κ1) is 17.3. The van der Waals surface area contributed by atoms with Crippen molar-refractivity contribution < 1.29 is 9.21 Å². The van der Waals surface area contributed by atoms with Crippen molar-refractivity contribution in [1.82, 2.24) is 14.9 Å². The molecule has 4 aromatic rings. The van der Waals surface area contributed by atoms with Crippen molar-refractivity contribution >= 4 is 17.2 Å². The Bertz CT molecular complexity index is 1030. The first-order valence-corrected chi connectivity index (χ1v) is 9.54. The van der Waals surface area contributed by atoms with E-state index in [1.165, 1.54) is 5.56 Å². The molecule has 0 aliphatic heterocycles. The number of furan rings is 1. The molecule has 1 N–H and O–H groups in total. The van der Waals surface area contributed by atoms with Crippen LogP contribution in [0.1, 0.15) is 11.3 Å². The number of aromatic nitrogens is 2. The summed E-state index contributed by atoms with van der Waals surface area (Å²) in [7, 11) is 0. The quantitative estimate of drug-likeness (QED) is 0.538. The number of rotatable bonds is 6. The van der Waals surface area contributed by atoms with Crippen LogP contribution in [0.25, 0.3) is 22.0 Å². The number of aryl methyl sites for hydroxylation is 1. The minimum Gasteiger partial charge on any atom is -0.467 e. The van der Waals surface area contributed by atoms with Crippen molar-refractivity contribution in [2.45, 2.75) is 20.0 Å². The summed E-state index contributed by atoms with van der Waals surface area (Å²) in [5.74, 6) is 0.665. The second-order valence-electron chi connectivity index (χ2n) is 6.28. The van der Waals surface area contributed by atoms with Crippen molar-refractivity contribution in [2.75, 3.05) is 0 Å². The van der Waals surface area contributed by atoms with Gasteiger partial charge in [0.25, 0.3) is 0 Å². The van der Waals surface area contributed by atoms with E-state index < -0.39 is 0 Å². The van der Waals surface area contributed by atoms with E-state index in [9.17, 15) is 4.79 Å². The average Bonchev–Trinajstić information content (AvgIpc) is 3.42. The SMILES string of the molecule is Cc1ccc(-c2csc(-c3cccn3CC(=O)NCc3ccco3)n2)cc1. The largest absolute Gasteiger partial charge is 0.467 e. The maximum absolute atomic E-state index is 12.3.